The molecule has 0 fully saturated rings. The number of phenolic OH excluding ortho intramolecular Hbond substituents is 1. The molecule has 0 aliphatic heterocycles. The van der Waals surface area contributed by atoms with Gasteiger partial charge in [-0.15, -0.1) is 34.9 Å². The molecule has 8 aromatic rings. The van der Waals surface area contributed by atoms with Gasteiger partial charge >= 0.3 is 0 Å². The molecular weight excluding hydrogens is 791 g/mol. The Kier molecular flexibility index (Phi) is 10.0. The fourth-order valence-corrected chi connectivity index (χ4v) is 6.87. The van der Waals surface area contributed by atoms with Crippen LogP contribution in [0, 0.1) is 33.8 Å². The Balaban J connectivity index is 0.000000170. The summed E-state index contributed by atoms with van der Waals surface area (Å²) < 4.78 is 2.15. The van der Waals surface area contributed by atoms with Crippen molar-refractivity contribution < 1.29 is 25.2 Å². The van der Waals surface area contributed by atoms with E-state index in [0.29, 0.717) is 5.92 Å². The van der Waals surface area contributed by atoms with Crippen molar-refractivity contribution in [3.05, 3.63) is 155 Å². The summed E-state index contributed by atoms with van der Waals surface area (Å²) in [5.41, 5.74) is 12.0. The summed E-state index contributed by atoms with van der Waals surface area (Å²) in [7, 11) is 0. The Hall–Kier alpha value is -5.09. The minimum Gasteiger partial charge on any atom is -0.507 e. The molecule has 0 amide bonds. The van der Waals surface area contributed by atoms with Crippen LogP contribution in [0.15, 0.2) is 121 Å². The molecule has 0 bridgehead atoms. The molecule has 6 aromatic carbocycles. The Labute approximate surface area is 307 Å². The number of aromatic hydroxyl groups is 1. The summed E-state index contributed by atoms with van der Waals surface area (Å²) in [5.74, 6) is 1.53. The van der Waals surface area contributed by atoms with E-state index in [1.54, 1.807) is 6.07 Å². The molecule has 5 heteroatoms. The number of pyridine rings is 1. The molecule has 0 unspecified atom stereocenters. The molecule has 0 aliphatic rings. The third-order valence-electron chi connectivity index (χ3n) is 9.22. The summed E-state index contributed by atoms with van der Waals surface area (Å²) in [6.07, 6.45) is 1.92. The van der Waals surface area contributed by atoms with Gasteiger partial charge < -0.3 is 10.1 Å². The predicted molar refractivity (Wildman–Crippen MR) is 205 cm³/mol. The average Bonchev–Trinajstić information content (AvgIpc) is 3.46. The van der Waals surface area contributed by atoms with Gasteiger partial charge in [0.15, 0.2) is 0 Å². The maximum absolute atomic E-state index is 10.3. The number of aryl methyl sites for hydroxylation is 4. The number of phenols is 1. The van der Waals surface area contributed by atoms with E-state index in [1.165, 1.54) is 43.8 Å². The molecule has 0 saturated heterocycles. The normalized spacial score (nSPS) is 11.1. The van der Waals surface area contributed by atoms with E-state index < -0.39 is 0 Å². The van der Waals surface area contributed by atoms with Gasteiger partial charge in [0.05, 0.1) is 22.3 Å². The Morgan fingerprint density at radius 3 is 2.16 bits per heavy atom. The van der Waals surface area contributed by atoms with Crippen molar-refractivity contribution in [1.82, 2.24) is 14.5 Å². The molecular formula is C45H40IrN3O-. The molecule has 2 aromatic heterocycles. The van der Waals surface area contributed by atoms with Crippen LogP contribution < -0.4 is 0 Å². The number of fused-ring (bicyclic) bond motifs is 4. The van der Waals surface area contributed by atoms with Crippen molar-refractivity contribution in [2.24, 2.45) is 0 Å². The van der Waals surface area contributed by atoms with Crippen LogP contribution in [0.3, 0.4) is 0 Å². The first-order chi connectivity index (χ1) is 23.7. The Morgan fingerprint density at radius 2 is 1.42 bits per heavy atom. The number of aromatic nitrogens is 3. The minimum atomic E-state index is 0. The van der Waals surface area contributed by atoms with Gasteiger partial charge in [-0.25, -0.2) is 4.98 Å². The van der Waals surface area contributed by atoms with Crippen LogP contribution in [0.5, 0.6) is 5.75 Å². The van der Waals surface area contributed by atoms with Crippen molar-refractivity contribution in [1.29, 1.82) is 0 Å². The summed E-state index contributed by atoms with van der Waals surface area (Å²) in [4.78, 5) is 9.49. The van der Waals surface area contributed by atoms with Gasteiger partial charge in [-0.05, 0) is 94.0 Å². The van der Waals surface area contributed by atoms with Gasteiger partial charge in [0.1, 0.15) is 11.6 Å². The van der Waals surface area contributed by atoms with Gasteiger partial charge in [0.2, 0.25) is 0 Å². The second-order valence-corrected chi connectivity index (χ2v) is 13.2. The molecule has 4 nitrogen and oxygen atoms in total. The first-order valence-corrected chi connectivity index (χ1v) is 16.8. The Bertz CT molecular complexity index is 2450. The van der Waals surface area contributed by atoms with Crippen LogP contribution in [0.25, 0.3) is 60.9 Å². The van der Waals surface area contributed by atoms with E-state index in [9.17, 15) is 5.11 Å². The molecule has 50 heavy (non-hydrogen) atoms. The summed E-state index contributed by atoms with van der Waals surface area (Å²) >= 11 is 0. The SMILES string of the molecule is Cc1[c-]c(-c2nccc3c2ccc2cc(C(C)C)ccc23)cc(C)c1.Cc1cccc(C)c1-n1c(-c2ccccc2O)nc2ccccc21.[Ir]. The number of para-hydroxylation sites is 4. The molecule has 0 spiro atoms. The zero-order valence-corrected chi connectivity index (χ0v) is 31.6. The number of nitrogens with zero attached hydrogens (tertiary/aromatic N) is 3. The third kappa shape index (κ3) is 6.59. The monoisotopic (exact) mass is 831 g/mol. The quantitative estimate of drug-likeness (QED) is 0.142. The van der Waals surface area contributed by atoms with Crippen molar-refractivity contribution in [2.45, 2.75) is 47.5 Å². The van der Waals surface area contributed by atoms with Crippen LogP contribution in [-0.4, -0.2) is 19.6 Å². The van der Waals surface area contributed by atoms with E-state index in [4.69, 9.17) is 4.98 Å². The fourth-order valence-electron chi connectivity index (χ4n) is 6.87. The van der Waals surface area contributed by atoms with Crippen LogP contribution in [0.2, 0.25) is 0 Å². The van der Waals surface area contributed by atoms with Gasteiger partial charge in [-0.3, -0.25) is 4.57 Å². The van der Waals surface area contributed by atoms with Gasteiger partial charge in [0.25, 0.3) is 0 Å². The summed E-state index contributed by atoms with van der Waals surface area (Å²) in [5, 5.41) is 15.4. The third-order valence-corrected chi connectivity index (χ3v) is 9.22. The van der Waals surface area contributed by atoms with Crippen LogP contribution >= 0.6 is 0 Å². The first-order valence-electron chi connectivity index (χ1n) is 16.8. The molecule has 1 radical (unpaired) electrons. The maximum Gasteiger partial charge on any atom is 0.149 e. The maximum atomic E-state index is 10.3. The molecule has 8 rings (SSSR count). The van der Waals surface area contributed by atoms with Crippen LogP contribution in [0.4, 0.5) is 0 Å². The predicted octanol–water partition coefficient (Wildman–Crippen LogP) is 11.6. The van der Waals surface area contributed by atoms with E-state index in [-0.39, 0.29) is 25.9 Å². The minimum absolute atomic E-state index is 0. The van der Waals surface area contributed by atoms with E-state index >= 15 is 0 Å². The summed E-state index contributed by atoms with van der Waals surface area (Å²) in [6.45, 7) is 12.9. The van der Waals surface area contributed by atoms with Crippen molar-refractivity contribution in [3.8, 4) is 34.1 Å². The Morgan fingerprint density at radius 1 is 0.700 bits per heavy atom. The molecule has 0 aliphatic carbocycles. The van der Waals surface area contributed by atoms with E-state index in [0.717, 1.165) is 44.9 Å². The first kappa shape index (κ1) is 34.8. The number of hydrogen-bond donors (Lipinski definition) is 1. The second kappa shape index (κ2) is 14.4. The van der Waals surface area contributed by atoms with Crippen LogP contribution in [0.1, 0.15) is 47.6 Å². The molecule has 1 N–H and O–H groups in total. The van der Waals surface area contributed by atoms with Gasteiger partial charge in [0, 0.05) is 26.3 Å². The molecule has 0 saturated carbocycles. The largest absolute Gasteiger partial charge is 0.507 e. The second-order valence-electron chi connectivity index (χ2n) is 13.2. The standard InChI is InChI=1S/C24H22N.C21H18N2O.Ir/c1-15(2)18-5-7-21-19(14-18)6-8-23-22(21)9-10-25-24(23)20-12-16(3)11-17(4)13-20;1-14-8-7-9-15(2)20(14)23-18-12-5-4-11-17(18)22-21(23)16-10-3-6-13-19(16)24;/h5-12,14-15H,1-4H3;3-13,24H,1-2H3;/q-1;;. The summed E-state index contributed by atoms with van der Waals surface area (Å²) in [6, 6.07) is 42.8. The van der Waals surface area contributed by atoms with Crippen molar-refractivity contribution in [2.75, 3.05) is 0 Å². The van der Waals surface area contributed by atoms with Crippen molar-refractivity contribution >= 4 is 32.6 Å². The van der Waals surface area contributed by atoms with Crippen molar-refractivity contribution in [3.63, 3.8) is 0 Å². The average molecular weight is 831 g/mol. The zero-order chi connectivity index (χ0) is 34.2. The van der Waals surface area contributed by atoms with E-state index in [1.807, 2.05) is 42.6 Å². The molecule has 251 valence electrons. The topological polar surface area (TPSA) is 50.9 Å². The smallest absolute Gasteiger partial charge is 0.149 e. The number of benzene rings is 6. The fraction of sp³-hybridized carbons (Fsp3) is 0.156. The molecule has 2 heterocycles. The zero-order valence-electron chi connectivity index (χ0n) is 29.2. The van der Waals surface area contributed by atoms with Gasteiger partial charge in [-0.2, -0.15) is 0 Å². The van der Waals surface area contributed by atoms with E-state index in [2.05, 4.69) is 130 Å². The molecule has 0 atom stereocenters. The number of imidazole rings is 1. The number of rotatable bonds is 4. The van der Waals surface area contributed by atoms with Crippen LogP contribution in [-0.2, 0) is 20.1 Å². The number of hydrogen-bond acceptors (Lipinski definition) is 3. The van der Waals surface area contributed by atoms with Gasteiger partial charge in [-0.1, -0.05) is 100 Å².